The summed E-state index contributed by atoms with van der Waals surface area (Å²) in [5.41, 5.74) is 1.26. The van der Waals surface area contributed by atoms with Crippen molar-refractivity contribution >= 4 is 5.91 Å². The SMILES string of the molecule is O=C([C@@H]1CCCN(C2CCN(Cc3cccnc3)CC2)C1)N(CCO)CCO. The highest BCUT2D eigenvalue weighted by Crippen LogP contribution is 2.25. The number of carbonyl (C=O) groups excluding carboxylic acids is 1. The molecule has 3 heterocycles. The molecule has 1 aromatic rings. The van der Waals surface area contributed by atoms with Crippen LogP contribution in [0.1, 0.15) is 31.2 Å². The quantitative estimate of drug-likeness (QED) is 0.676. The number of likely N-dealkylation sites (tertiary alicyclic amines) is 2. The summed E-state index contributed by atoms with van der Waals surface area (Å²) in [4.78, 5) is 23.6. The number of aliphatic hydroxyl groups excluding tert-OH is 2. The Morgan fingerprint density at radius 2 is 1.89 bits per heavy atom. The van der Waals surface area contributed by atoms with Crippen LogP contribution in [0.3, 0.4) is 0 Å². The Balaban J connectivity index is 1.49. The van der Waals surface area contributed by atoms with E-state index in [1.165, 1.54) is 5.56 Å². The monoisotopic (exact) mass is 390 g/mol. The number of aromatic nitrogens is 1. The minimum Gasteiger partial charge on any atom is -0.395 e. The molecule has 0 radical (unpaired) electrons. The maximum atomic E-state index is 12.8. The molecule has 0 unspecified atom stereocenters. The minimum atomic E-state index is -0.0580. The smallest absolute Gasteiger partial charge is 0.227 e. The van der Waals surface area contributed by atoms with Gasteiger partial charge < -0.3 is 15.1 Å². The highest BCUT2D eigenvalue weighted by atomic mass is 16.3. The molecule has 0 spiro atoms. The number of pyridine rings is 1. The van der Waals surface area contributed by atoms with Gasteiger partial charge in [-0.1, -0.05) is 6.07 Å². The summed E-state index contributed by atoms with van der Waals surface area (Å²) in [7, 11) is 0. The predicted octanol–water partition coefficient (Wildman–Crippen LogP) is 0.571. The van der Waals surface area contributed by atoms with E-state index in [1.54, 1.807) is 4.90 Å². The van der Waals surface area contributed by atoms with Gasteiger partial charge in [-0.25, -0.2) is 0 Å². The van der Waals surface area contributed by atoms with Crippen molar-refractivity contribution in [3.05, 3.63) is 30.1 Å². The van der Waals surface area contributed by atoms with Crippen molar-refractivity contribution in [2.24, 2.45) is 5.92 Å². The van der Waals surface area contributed by atoms with E-state index in [1.807, 2.05) is 18.5 Å². The number of hydrogen-bond acceptors (Lipinski definition) is 6. The van der Waals surface area contributed by atoms with Gasteiger partial charge in [0.15, 0.2) is 0 Å². The van der Waals surface area contributed by atoms with Gasteiger partial charge in [0, 0.05) is 44.6 Å². The Labute approximate surface area is 168 Å². The van der Waals surface area contributed by atoms with Crippen LogP contribution in [0.15, 0.2) is 24.5 Å². The van der Waals surface area contributed by atoms with E-state index in [-0.39, 0.29) is 25.0 Å². The van der Waals surface area contributed by atoms with Gasteiger partial charge in [-0.3, -0.25) is 19.6 Å². The standard InChI is InChI=1S/C21H34N4O3/c26-13-11-24(12-14-27)21(28)19-4-2-8-25(17-19)20-5-9-23(10-6-20)16-18-3-1-7-22-15-18/h1,3,7,15,19-20,26-27H,2,4-6,8-14,16-17H2/t19-/m1/s1. The van der Waals surface area contributed by atoms with E-state index < -0.39 is 0 Å². The molecule has 0 saturated carbocycles. The predicted molar refractivity (Wildman–Crippen MR) is 108 cm³/mol. The average Bonchev–Trinajstić information content (AvgIpc) is 2.74. The normalized spacial score (nSPS) is 22.3. The van der Waals surface area contributed by atoms with Gasteiger partial charge in [0.05, 0.1) is 19.1 Å². The molecule has 2 N–H and O–H groups in total. The van der Waals surface area contributed by atoms with Crippen LogP contribution < -0.4 is 0 Å². The summed E-state index contributed by atoms with van der Waals surface area (Å²) in [5.74, 6) is 0.0714. The highest BCUT2D eigenvalue weighted by molar-refractivity contribution is 5.79. The van der Waals surface area contributed by atoms with Crippen molar-refractivity contribution < 1.29 is 15.0 Å². The fourth-order valence-electron chi connectivity index (χ4n) is 4.56. The summed E-state index contributed by atoms with van der Waals surface area (Å²) in [6, 6.07) is 4.67. The fraction of sp³-hybridized carbons (Fsp3) is 0.714. The van der Waals surface area contributed by atoms with Gasteiger partial charge in [-0.15, -0.1) is 0 Å². The van der Waals surface area contributed by atoms with Crippen molar-refractivity contribution in [1.82, 2.24) is 19.7 Å². The Morgan fingerprint density at radius 1 is 1.14 bits per heavy atom. The van der Waals surface area contributed by atoms with Crippen molar-refractivity contribution in [3.63, 3.8) is 0 Å². The topological polar surface area (TPSA) is 80.1 Å². The second-order valence-electron chi connectivity index (χ2n) is 7.98. The van der Waals surface area contributed by atoms with Crippen molar-refractivity contribution in [3.8, 4) is 0 Å². The second kappa shape index (κ2) is 10.9. The summed E-state index contributed by atoms with van der Waals surface area (Å²) in [5, 5.41) is 18.4. The highest BCUT2D eigenvalue weighted by Gasteiger charge is 2.33. The van der Waals surface area contributed by atoms with Gasteiger partial charge in [0.1, 0.15) is 0 Å². The summed E-state index contributed by atoms with van der Waals surface area (Å²) < 4.78 is 0. The Kier molecular flexibility index (Phi) is 8.21. The van der Waals surface area contributed by atoms with Crippen LogP contribution in [0.4, 0.5) is 0 Å². The zero-order valence-electron chi connectivity index (χ0n) is 16.7. The first-order valence-corrected chi connectivity index (χ1v) is 10.6. The van der Waals surface area contributed by atoms with Crippen LogP contribution in [0.2, 0.25) is 0 Å². The maximum absolute atomic E-state index is 12.8. The number of rotatable bonds is 8. The van der Waals surface area contributed by atoms with Gasteiger partial charge in [-0.2, -0.15) is 0 Å². The largest absolute Gasteiger partial charge is 0.395 e. The van der Waals surface area contributed by atoms with Gasteiger partial charge >= 0.3 is 0 Å². The van der Waals surface area contributed by atoms with E-state index in [9.17, 15) is 15.0 Å². The lowest BCUT2D eigenvalue weighted by Crippen LogP contribution is -2.51. The lowest BCUT2D eigenvalue weighted by atomic mass is 9.92. The van der Waals surface area contributed by atoms with Crippen molar-refractivity contribution in [2.45, 2.75) is 38.3 Å². The molecule has 7 heteroatoms. The summed E-state index contributed by atoms with van der Waals surface area (Å²) in [6.45, 7) is 5.49. The molecule has 1 aromatic heterocycles. The molecule has 2 fully saturated rings. The number of aliphatic hydroxyl groups is 2. The molecule has 0 aliphatic carbocycles. The van der Waals surface area contributed by atoms with Crippen molar-refractivity contribution in [2.75, 3.05) is 52.5 Å². The molecule has 7 nitrogen and oxygen atoms in total. The van der Waals surface area contributed by atoms with Crippen LogP contribution in [0, 0.1) is 5.92 Å². The Bertz CT molecular complexity index is 587. The fourth-order valence-corrected chi connectivity index (χ4v) is 4.56. The van der Waals surface area contributed by atoms with E-state index in [0.717, 1.165) is 58.4 Å². The number of piperidine rings is 2. The minimum absolute atomic E-state index is 0.0136. The molecule has 156 valence electrons. The van der Waals surface area contributed by atoms with Crippen LogP contribution in [0.25, 0.3) is 0 Å². The number of carbonyl (C=O) groups is 1. The number of amides is 1. The van der Waals surface area contributed by atoms with E-state index in [2.05, 4.69) is 20.9 Å². The molecule has 1 atom stereocenters. The van der Waals surface area contributed by atoms with Crippen LogP contribution in [-0.4, -0.2) is 94.3 Å². The maximum Gasteiger partial charge on any atom is 0.227 e. The summed E-state index contributed by atoms with van der Waals surface area (Å²) in [6.07, 6.45) is 7.97. The molecule has 2 aliphatic heterocycles. The zero-order chi connectivity index (χ0) is 19.8. The van der Waals surface area contributed by atoms with E-state index >= 15 is 0 Å². The van der Waals surface area contributed by atoms with Gasteiger partial charge in [0.25, 0.3) is 0 Å². The zero-order valence-corrected chi connectivity index (χ0v) is 16.7. The summed E-state index contributed by atoms with van der Waals surface area (Å²) >= 11 is 0. The second-order valence-corrected chi connectivity index (χ2v) is 7.98. The van der Waals surface area contributed by atoms with Crippen LogP contribution in [-0.2, 0) is 11.3 Å². The molecular formula is C21H34N4O3. The third-order valence-electron chi connectivity index (χ3n) is 6.06. The molecule has 2 saturated heterocycles. The molecule has 0 aromatic carbocycles. The first kappa shape index (κ1) is 21.2. The molecular weight excluding hydrogens is 356 g/mol. The lowest BCUT2D eigenvalue weighted by Gasteiger charge is -2.42. The van der Waals surface area contributed by atoms with Crippen LogP contribution >= 0.6 is 0 Å². The van der Waals surface area contributed by atoms with E-state index in [4.69, 9.17) is 0 Å². The number of hydrogen-bond donors (Lipinski definition) is 2. The molecule has 0 bridgehead atoms. The third-order valence-corrected chi connectivity index (χ3v) is 6.06. The van der Waals surface area contributed by atoms with Crippen LogP contribution in [0.5, 0.6) is 0 Å². The lowest BCUT2D eigenvalue weighted by molar-refractivity contribution is -0.139. The van der Waals surface area contributed by atoms with Crippen molar-refractivity contribution in [1.29, 1.82) is 0 Å². The Morgan fingerprint density at radius 3 is 2.54 bits per heavy atom. The average molecular weight is 391 g/mol. The van der Waals surface area contributed by atoms with Gasteiger partial charge in [-0.05, 0) is 56.9 Å². The molecule has 3 rings (SSSR count). The van der Waals surface area contributed by atoms with Gasteiger partial charge in [0.2, 0.25) is 5.91 Å². The molecule has 1 amide bonds. The van der Waals surface area contributed by atoms with E-state index in [0.29, 0.717) is 19.1 Å². The molecule has 2 aliphatic rings. The molecule has 28 heavy (non-hydrogen) atoms. The first-order chi connectivity index (χ1) is 13.7. The first-order valence-electron chi connectivity index (χ1n) is 10.6. The number of nitrogens with zero attached hydrogens (tertiary/aromatic N) is 4. The third kappa shape index (κ3) is 5.73. The Hall–Kier alpha value is -1.54.